The van der Waals surface area contributed by atoms with Gasteiger partial charge in [0.25, 0.3) is 0 Å². The highest BCUT2D eigenvalue weighted by Gasteiger charge is 2.37. The monoisotopic (exact) mass is 954 g/mol. The quantitative estimate of drug-likeness (QED) is 0.126. The second kappa shape index (κ2) is 18.2. The highest BCUT2D eigenvalue weighted by molar-refractivity contribution is 5.91. The van der Waals surface area contributed by atoms with E-state index in [1.165, 1.54) is 134 Å². The molecule has 0 unspecified atom stereocenters. The third-order valence-electron chi connectivity index (χ3n) is 15.7. The van der Waals surface area contributed by atoms with E-state index in [9.17, 15) is 0 Å². The second-order valence-corrected chi connectivity index (χ2v) is 21.9. The maximum absolute atomic E-state index is 2.42. The van der Waals surface area contributed by atoms with Crippen LogP contribution in [0.5, 0.6) is 0 Å². The molecule has 0 N–H and O–H groups in total. The van der Waals surface area contributed by atoms with E-state index in [0.717, 1.165) is 0 Å². The van der Waals surface area contributed by atoms with Gasteiger partial charge in [-0.3, -0.25) is 0 Å². The molecule has 2 aliphatic rings. The second-order valence-electron chi connectivity index (χ2n) is 21.9. The van der Waals surface area contributed by atoms with E-state index in [1.54, 1.807) is 0 Å². The molecule has 10 aromatic carbocycles. The first kappa shape index (κ1) is 46.6. The van der Waals surface area contributed by atoms with Crippen LogP contribution >= 0.6 is 0 Å². The smallest absolute Gasteiger partial charge is 0.0465 e. The predicted octanol–water partition coefficient (Wildman–Crippen LogP) is 20.0. The topological polar surface area (TPSA) is 6.48 Å². The lowest BCUT2D eigenvalue weighted by atomic mass is 9.81. The fourth-order valence-corrected chi connectivity index (χ4v) is 11.8. The molecule has 0 fully saturated rings. The summed E-state index contributed by atoms with van der Waals surface area (Å²) in [5.74, 6) is 0. The molecule has 2 nitrogen and oxygen atoms in total. The zero-order chi connectivity index (χ0) is 50.9. The molecule has 360 valence electrons. The van der Waals surface area contributed by atoms with Crippen LogP contribution in [0.2, 0.25) is 0 Å². The van der Waals surface area contributed by atoms with E-state index >= 15 is 0 Å². The van der Waals surface area contributed by atoms with Crippen molar-refractivity contribution in [3.8, 4) is 22.3 Å². The van der Waals surface area contributed by atoms with Crippen LogP contribution in [0.1, 0.15) is 94.5 Å². The lowest BCUT2D eigenvalue weighted by Gasteiger charge is -2.28. The molecule has 0 aromatic heterocycles. The van der Waals surface area contributed by atoms with Gasteiger partial charge in [0.15, 0.2) is 0 Å². The molecular weight excluding hydrogens is 893 g/mol. The third-order valence-corrected chi connectivity index (χ3v) is 15.7. The van der Waals surface area contributed by atoms with E-state index in [4.69, 9.17) is 0 Å². The molecule has 2 heteroatoms. The third kappa shape index (κ3) is 8.45. The van der Waals surface area contributed by atoms with E-state index in [0.29, 0.717) is 0 Å². The lowest BCUT2D eigenvalue weighted by molar-refractivity contribution is 0.660. The Labute approximate surface area is 438 Å². The molecule has 2 aliphatic carbocycles. The Morgan fingerprint density at radius 2 is 0.541 bits per heavy atom. The van der Waals surface area contributed by atoms with Gasteiger partial charge in [0.1, 0.15) is 0 Å². The van der Waals surface area contributed by atoms with Crippen LogP contribution in [0.25, 0.3) is 57.3 Å². The first-order chi connectivity index (χ1) is 35.8. The van der Waals surface area contributed by atoms with E-state index in [2.05, 4.69) is 296 Å². The minimum Gasteiger partial charge on any atom is -0.310 e. The number of hydrogen-bond donors (Lipinski definition) is 0. The molecule has 10 aromatic rings. The summed E-state index contributed by atoms with van der Waals surface area (Å²) in [6, 6.07) is 76.9. The fraction of sp³-hybridized carbons (Fsp3) is 0.139. The normalized spacial score (nSPS) is 13.8. The molecular formula is C72H62N2. The number of benzene rings is 10. The van der Waals surface area contributed by atoms with Crippen molar-refractivity contribution in [3.63, 3.8) is 0 Å². The summed E-state index contributed by atoms with van der Waals surface area (Å²) in [6.45, 7) is 18.2. The summed E-state index contributed by atoms with van der Waals surface area (Å²) in [4.78, 5) is 4.79. The Kier molecular flexibility index (Phi) is 11.5. The van der Waals surface area contributed by atoms with Crippen molar-refractivity contribution >= 4 is 69.2 Å². The number of anilines is 6. The number of hydrogen-bond acceptors (Lipinski definition) is 2. The molecule has 0 amide bonds. The van der Waals surface area contributed by atoms with Gasteiger partial charge in [-0.05, 0) is 212 Å². The van der Waals surface area contributed by atoms with Gasteiger partial charge in [0.05, 0.1) is 0 Å². The molecule has 0 atom stereocenters. The van der Waals surface area contributed by atoms with Gasteiger partial charge in [-0.1, -0.05) is 173 Å². The Morgan fingerprint density at radius 3 is 0.865 bits per heavy atom. The first-order valence-corrected chi connectivity index (χ1v) is 26.1. The van der Waals surface area contributed by atoms with Crippen LogP contribution in [0.4, 0.5) is 34.1 Å². The van der Waals surface area contributed by atoms with Crippen LogP contribution in [0, 0.1) is 27.7 Å². The number of fused-ring (bicyclic) bond motifs is 7. The van der Waals surface area contributed by atoms with Crippen molar-refractivity contribution in [1.29, 1.82) is 0 Å². The van der Waals surface area contributed by atoms with Crippen molar-refractivity contribution in [2.45, 2.75) is 66.2 Å². The molecule has 0 aliphatic heterocycles. The highest BCUT2D eigenvalue weighted by Crippen LogP contribution is 2.53. The van der Waals surface area contributed by atoms with Gasteiger partial charge in [-0.25, -0.2) is 0 Å². The zero-order valence-electron chi connectivity index (χ0n) is 43.8. The summed E-state index contributed by atoms with van der Waals surface area (Å²) >= 11 is 0. The Bertz CT molecular complexity index is 3570. The summed E-state index contributed by atoms with van der Waals surface area (Å²) in [5, 5.41) is 2.46. The van der Waals surface area contributed by atoms with Gasteiger partial charge < -0.3 is 9.80 Å². The molecule has 74 heavy (non-hydrogen) atoms. The molecule has 0 saturated heterocycles. The van der Waals surface area contributed by atoms with Crippen molar-refractivity contribution in [2.24, 2.45) is 0 Å². The maximum Gasteiger partial charge on any atom is 0.0465 e. The summed E-state index contributed by atoms with van der Waals surface area (Å²) in [5.41, 5.74) is 27.2. The van der Waals surface area contributed by atoms with Gasteiger partial charge in [0, 0.05) is 45.0 Å². The van der Waals surface area contributed by atoms with Crippen LogP contribution in [-0.4, -0.2) is 0 Å². The van der Waals surface area contributed by atoms with Crippen LogP contribution in [0.15, 0.2) is 206 Å². The molecule has 0 spiro atoms. The number of aryl methyl sites for hydroxylation is 4. The maximum atomic E-state index is 2.42. The number of rotatable bonds is 10. The van der Waals surface area contributed by atoms with Crippen molar-refractivity contribution < 1.29 is 0 Å². The molecule has 12 rings (SSSR count). The summed E-state index contributed by atoms with van der Waals surface area (Å²) in [6.07, 6.45) is 9.04. The van der Waals surface area contributed by atoms with Crippen LogP contribution < -0.4 is 9.80 Å². The Morgan fingerprint density at radius 1 is 0.270 bits per heavy atom. The van der Waals surface area contributed by atoms with Crippen molar-refractivity contribution in [2.75, 3.05) is 9.80 Å². The summed E-state index contributed by atoms with van der Waals surface area (Å²) in [7, 11) is 0. The molecule has 0 bridgehead atoms. The standard InChI is InChI=1S/C72H62N2/c1-47-13-9-17-57(37-47)73(58-18-10-14-48(2)38-58)61-31-35-65-63-33-27-53(43-67(63)71(5,6)69(65)45-61)23-21-51-25-29-56-42-52(26-30-55(56)41-51)22-24-54-28-34-64-66-36-32-62(46-70(66)72(7,8)68(64)44-54)74(59-19-11-15-49(3)39-59)60-20-12-16-50(4)40-60/h9-46H,1-8H3. The molecule has 0 radical (unpaired) electrons. The molecule has 0 heterocycles. The Balaban J connectivity index is 0.761. The van der Waals surface area contributed by atoms with Gasteiger partial charge in [-0.15, -0.1) is 0 Å². The van der Waals surface area contributed by atoms with Crippen molar-refractivity contribution in [1.82, 2.24) is 0 Å². The average molecular weight is 955 g/mol. The SMILES string of the molecule is Cc1cccc(N(c2cccc(C)c2)c2ccc3c(c2)C(C)(C)c2cc(C=Cc4ccc5cc(C=Cc6ccc7c(c6)C(C)(C)c6cc(N(c8cccc(C)c8)c8cccc(C)c8)ccc6-7)ccc5c4)ccc2-3)c1. The zero-order valence-corrected chi connectivity index (χ0v) is 43.8. The lowest BCUT2D eigenvalue weighted by Crippen LogP contribution is -2.16. The average Bonchev–Trinajstić information content (AvgIpc) is 3.75. The van der Waals surface area contributed by atoms with Gasteiger partial charge in [-0.2, -0.15) is 0 Å². The first-order valence-electron chi connectivity index (χ1n) is 26.1. The van der Waals surface area contributed by atoms with Crippen LogP contribution in [-0.2, 0) is 10.8 Å². The summed E-state index contributed by atoms with van der Waals surface area (Å²) < 4.78 is 0. The van der Waals surface area contributed by atoms with Gasteiger partial charge >= 0.3 is 0 Å². The van der Waals surface area contributed by atoms with E-state index in [1.807, 2.05) is 0 Å². The Hall–Kier alpha value is -8.46. The van der Waals surface area contributed by atoms with E-state index < -0.39 is 0 Å². The van der Waals surface area contributed by atoms with E-state index in [-0.39, 0.29) is 10.8 Å². The van der Waals surface area contributed by atoms with Crippen molar-refractivity contribution in [3.05, 3.63) is 273 Å². The minimum atomic E-state index is -0.161. The fourth-order valence-electron chi connectivity index (χ4n) is 11.8. The highest BCUT2D eigenvalue weighted by atomic mass is 15.1. The number of nitrogens with zero attached hydrogens (tertiary/aromatic N) is 2. The largest absolute Gasteiger partial charge is 0.310 e. The van der Waals surface area contributed by atoms with Gasteiger partial charge in [0.2, 0.25) is 0 Å². The van der Waals surface area contributed by atoms with Crippen LogP contribution in [0.3, 0.4) is 0 Å². The molecule has 0 saturated carbocycles. The predicted molar refractivity (Wildman–Crippen MR) is 318 cm³/mol. The minimum absolute atomic E-state index is 0.161.